The third-order valence-electron chi connectivity index (χ3n) is 6.03. The lowest BCUT2D eigenvalue weighted by atomic mass is 10.1. The molecule has 0 radical (unpaired) electrons. The van der Waals surface area contributed by atoms with Gasteiger partial charge in [-0.25, -0.2) is 18.1 Å². The maximum atomic E-state index is 13.0. The summed E-state index contributed by atoms with van der Waals surface area (Å²) in [6.07, 6.45) is -0.210. The molecule has 2 aromatic carbocycles. The smallest absolute Gasteiger partial charge is 0.417 e. The van der Waals surface area contributed by atoms with E-state index in [-0.39, 0.29) is 29.5 Å². The maximum Gasteiger partial charge on any atom is 0.417 e. The van der Waals surface area contributed by atoms with Gasteiger partial charge < -0.3 is 4.74 Å². The largest absolute Gasteiger partial charge is 0.444 e. The molecule has 2 bridgehead atoms. The highest BCUT2D eigenvalue weighted by Gasteiger charge is 2.75. The average molecular weight is 412 g/mol. The standard InChI is InChI=1S/C21H20N2O5S/c1-13-7-9-15(10-8-13)29(26,27)23-18-16-11-17(19(18)23)22(20(16)24)21(25)28-12-14-5-3-2-4-6-14/h2-10,16-19H,11-12H2,1H3/t16-,17+,18+,19-,23?/m1/s1. The van der Waals surface area contributed by atoms with E-state index in [1.165, 1.54) is 4.31 Å². The van der Waals surface area contributed by atoms with Crippen LogP contribution in [0.1, 0.15) is 17.5 Å². The van der Waals surface area contributed by atoms with Gasteiger partial charge >= 0.3 is 6.09 Å². The molecule has 1 aliphatic carbocycles. The molecule has 8 heteroatoms. The van der Waals surface area contributed by atoms with E-state index < -0.39 is 28.1 Å². The first kappa shape index (κ1) is 18.3. The molecule has 150 valence electrons. The van der Waals surface area contributed by atoms with Gasteiger partial charge in [0.05, 0.1) is 28.9 Å². The number of piperidine rings is 2. The van der Waals surface area contributed by atoms with E-state index in [1.807, 2.05) is 37.3 Å². The lowest BCUT2D eigenvalue weighted by Gasteiger charge is -2.23. The van der Waals surface area contributed by atoms with E-state index in [2.05, 4.69) is 0 Å². The first-order valence-corrected chi connectivity index (χ1v) is 11.0. The van der Waals surface area contributed by atoms with Crippen LogP contribution in [0, 0.1) is 12.8 Å². The summed E-state index contributed by atoms with van der Waals surface area (Å²) in [5.41, 5.74) is 1.79. The molecule has 7 nitrogen and oxygen atoms in total. The number of fused-ring (bicyclic) bond motifs is 5. The van der Waals surface area contributed by atoms with Crippen LogP contribution in [-0.4, -0.2) is 47.7 Å². The lowest BCUT2D eigenvalue weighted by Crippen LogP contribution is -2.45. The molecule has 5 rings (SSSR count). The second kappa shape index (κ2) is 6.40. The third-order valence-corrected chi connectivity index (χ3v) is 7.94. The van der Waals surface area contributed by atoms with Gasteiger partial charge in [-0.3, -0.25) is 4.79 Å². The number of carbonyl (C=O) groups is 2. The Morgan fingerprint density at radius 1 is 1.07 bits per heavy atom. The number of ether oxygens (including phenoxy) is 1. The zero-order chi connectivity index (χ0) is 20.3. The number of likely N-dealkylation sites (tertiary alicyclic amines) is 1. The van der Waals surface area contributed by atoms with E-state index in [9.17, 15) is 18.0 Å². The molecule has 1 unspecified atom stereocenters. The Morgan fingerprint density at radius 2 is 1.76 bits per heavy atom. The van der Waals surface area contributed by atoms with Crippen molar-refractivity contribution in [1.29, 1.82) is 0 Å². The minimum atomic E-state index is -3.69. The van der Waals surface area contributed by atoms with Crippen molar-refractivity contribution in [2.24, 2.45) is 5.92 Å². The summed E-state index contributed by atoms with van der Waals surface area (Å²) in [6.45, 7) is 1.96. The third kappa shape index (κ3) is 2.78. The van der Waals surface area contributed by atoms with E-state index in [0.717, 1.165) is 16.0 Å². The topological polar surface area (TPSA) is 83.8 Å². The minimum absolute atomic E-state index is 0.0698. The zero-order valence-electron chi connectivity index (χ0n) is 15.8. The van der Waals surface area contributed by atoms with Crippen molar-refractivity contribution >= 4 is 22.0 Å². The summed E-state index contributed by atoms with van der Waals surface area (Å²) < 4.78 is 32.7. The summed E-state index contributed by atoms with van der Waals surface area (Å²) >= 11 is 0. The predicted octanol–water partition coefficient (Wildman–Crippen LogP) is 2.30. The molecule has 2 aliphatic heterocycles. The van der Waals surface area contributed by atoms with Gasteiger partial charge in [0, 0.05) is 0 Å². The number of sulfonamides is 1. The molecule has 5 atom stereocenters. The normalized spacial score (nSPS) is 29.6. The van der Waals surface area contributed by atoms with Crippen molar-refractivity contribution in [3.63, 3.8) is 0 Å². The van der Waals surface area contributed by atoms with E-state index in [0.29, 0.717) is 6.42 Å². The Bertz CT molecular complexity index is 1080. The van der Waals surface area contributed by atoms with Crippen LogP contribution in [0.5, 0.6) is 0 Å². The predicted molar refractivity (Wildman–Crippen MR) is 103 cm³/mol. The van der Waals surface area contributed by atoms with Gasteiger partial charge in [0.1, 0.15) is 6.61 Å². The van der Waals surface area contributed by atoms with Crippen molar-refractivity contribution in [2.75, 3.05) is 0 Å². The fourth-order valence-corrected chi connectivity index (χ4v) is 6.46. The Morgan fingerprint density at radius 3 is 2.45 bits per heavy atom. The van der Waals surface area contributed by atoms with Crippen LogP contribution in [0.25, 0.3) is 0 Å². The lowest BCUT2D eigenvalue weighted by molar-refractivity contribution is -0.131. The first-order valence-electron chi connectivity index (χ1n) is 9.53. The SMILES string of the molecule is Cc1ccc(S(=O)(=O)N2[C@@H]3[C@H]2[C@@H]2C[C@H]3C(=O)N2C(=O)OCc2ccccc2)cc1. The minimum Gasteiger partial charge on any atom is -0.444 e. The summed E-state index contributed by atoms with van der Waals surface area (Å²) in [6, 6.07) is 14.7. The molecular weight excluding hydrogens is 392 g/mol. The Kier molecular flexibility index (Phi) is 4.04. The molecule has 2 heterocycles. The second-order valence-electron chi connectivity index (χ2n) is 7.79. The van der Waals surface area contributed by atoms with Gasteiger partial charge in [-0.15, -0.1) is 0 Å². The highest BCUT2D eigenvalue weighted by atomic mass is 32.2. The number of amides is 2. The van der Waals surface area contributed by atoms with Gasteiger partial charge in [0.2, 0.25) is 15.9 Å². The van der Waals surface area contributed by atoms with Gasteiger partial charge in [0.25, 0.3) is 0 Å². The van der Waals surface area contributed by atoms with E-state index >= 15 is 0 Å². The summed E-state index contributed by atoms with van der Waals surface area (Å²) in [4.78, 5) is 26.6. The van der Waals surface area contributed by atoms with Crippen LogP contribution in [0.15, 0.2) is 59.5 Å². The Labute approximate surface area is 168 Å². The van der Waals surface area contributed by atoms with Crippen LogP contribution < -0.4 is 0 Å². The van der Waals surface area contributed by atoms with E-state index in [1.54, 1.807) is 24.3 Å². The Hall–Kier alpha value is -2.71. The molecule has 29 heavy (non-hydrogen) atoms. The fraction of sp³-hybridized carbons (Fsp3) is 0.333. The molecule has 0 N–H and O–H groups in total. The van der Waals surface area contributed by atoms with Crippen molar-refractivity contribution in [3.8, 4) is 0 Å². The fourth-order valence-electron chi connectivity index (χ4n) is 4.61. The molecule has 0 aromatic heterocycles. The second-order valence-corrected chi connectivity index (χ2v) is 9.63. The number of rotatable bonds is 4. The molecule has 2 aromatic rings. The van der Waals surface area contributed by atoms with Gasteiger partial charge in [-0.2, -0.15) is 4.31 Å². The molecule has 1 saturated carbocycles. The number of nitrogens with zero attached hydrogens (tertiary/aromatic N) is 2. The molecule has 2 amide bonds. The number of benzene rings is 2. The van der Waals surface area contributed by atoms with Crippen LogP contribution in [0.4, 0.5) is 4.79 Å². The highest BCUT2D eigenvalue weighted by Crippen LogP contribution is 2.56. The monoisotopic (exact) mass is 412 g/mol. The van der Waals surface area contributed by atoms with Crippen molar-refractivity contribution in [2.45, 2.75) is 43.0 Å². The average Bonchev–Trinajstić information content (AvgIpc) is 3.26. The van der Waals surface area contributed by atoms with Crippen LogP contribution in [0.2, 0.25) is 0 Å². The van der Waals surface area contributed by atoms with Crippen LogP contribution in [-0.2, 0) is 26.2 Å². The number of carbonyl (C=O) groups excluding carboxylic acids is 2. The Balaban J connectivity index is 1.32. The van der Waals surface area contributed by atoms with Crippen LogP contribution in [0.3, 0.4) is 0 Å². The number of hydrogen-bond donors (Lipinski definition) is 0. The number of aryl methyl sites for hydroxylation is 1. The molecule has 2 saturated heterocycles. The van der Waals surface area contributed by atoms with E-state index in [4.69, 9.17) is 4.74 Å². The molecule has 3 fully saturated rings. The van der Waals surface area contributed by atoms with Gasteiger partial charge in [0.15, 0.2) is 0 Å². The maximum absolute atomic E-state index is 13.0. The summed E-state index contributed by atoms with van der Waals surface area (Å²) in [7, 11) is -3.69. The van der Waals surface area contributed by atoms with Crippen LogP contribution >= 0.6 is 0 Å². The van der Waals surface area contributed by atoms with Crippen molar-refractivity contribution in [3.05, 3.63) is 65.7 Å². The summed E-state index contributed by atoms with van der Waals surface area (Å²) in [5.74, 6) is -0.814. The van der Waals surface area contributed by atoms with Crippen molar-refractivity contribution in [1.82, 2.24) is 9.21 Å². The quantitative estimate of drug-likeness (QED) is 0.720. The first-order chi connectivity index (χ1) is 13.9. The molecule has 3 aliphatic rings. The molecule has 0 spiro atoms. The summed E-state index contributed by atoms with van der Waals surface area (Å²) in [5, 5.41) is 0. The van der Waals surface area contributed by atoms with Crippen molar-refractivity contribution < 1.29 is 22.7 Å². The molecular formula is C21H20N2O5S. The highest BCUT2D eigenvalue weighted by molar-refractivity contribution is 7.89. The van der Waals surface area contributed by atoms with Gasteiger partial charge in [-0.05, 0) is 31.0 Å². The van der Waals surface area contributed by atoms with Gasteiger partial charge in [-0.1, -0.05) is 48.0 Å². The zero-order valence-corrected chi connectivity index (χ0v) is 16.6. The number of hydrogen-bond acceptors (Lipinski definition) is 5. The number of imide groups is 1.